The molecule has 21 heavy (non-hydrogen) atoms. The monoisotopic (exact) mass is 303 g/mol. The Bertz CT molecular complexity index is 657. The second kappa shape index (κ2) is 6.04. The molecule has 0 radical (unpaired) electrons. The number of benzene rings is 1. The number of hydrogen-bond acceptors (Lipinski definition) is 3. The normalized spacial score (nSPS) is 17.4. The molecule has 1 aliphatic heterocycles. The lowest BCUT2D eigenvalue weighted by atomic mass is 9.92. The second-order valence-electron chi connectivity index (χ2n) is 5.23. The van der Waals surface area contributed by atoms with Crippen LogP contribution in [-0.2, 0) is 17.8 Å². The highest BCUT2D eigenvalue weighted by Gasteiger charge is 2.19. The molecule has 1 aromatic heterocycles. The first-order valence-corrected chi connectivity index (χ1v) is 7.52. The van der Waals surface area contributed by atoms with E-state index in [-0.39, 0.29) is 6.10 Å². The van der Waals surface area contributed by atoms with Gasteiger partial charge in [0.15, 0.2) is 0 Å². The summed E-state index contributed by atoms with van der Waals surface area (Å²) < 4.78 is 11.3. The van der Waals surface area contributed by atoms with Crippen molar-refractivity contribution in [3.8, 4) is 17.0 Å². The second-order valence-corrected chi connectivity index (χ2v) is 5.67. The van der Waals surface area contributed by atoms with Gasteiger partial charge in [-0.25, -0.2) is 4.98 Å². The molecule has 3 rings (SSSR count). The topological polar surface area (TPSA) is 31.4 Å². The SMILES string of the molecule is CCC1Cc2ccc(Cl)cc2-c2cc(OC)ncc2CO1. The third kappa shape index (κ3) is 2.89. The van der Waals surface area contributed by atoms with Crippen LogP contribution in [0.5, 0.6) is 5.88 Å². The summed E-state index contributed by atoms with van der Waals surface area (Å²) in [6.45, 7) is 2.71. The van der Waals surface area contributed by atoms with E-state index in [1.54, 1.807) is 7.11 Å². The fourth-order valence-corrected chi connectivity index (χ4v) is 2.87. The van der Waals surface area contributed by atoms with Gasteiger partial charge in [-0.3, -0.25) is 0 Å². The van der Waals surface area contributed by atoms with Crippen LogP contribution in [0.15, 0.2) is 30.5 Å². The van der Waals surface area contributed by atoms with Gasteiger partial charge in [0, 0.05) is 22.8 Å². The van der Waals surface area contributed by atoms with Crippen LogP contribution in [0, 0.1) is 0 Å². The van der Waals surface area contributed by atoms with Gasteiger partial charge in [0.1, 0.15) is 0 Å². The Hall–Kier alpha value is -1.58. The third-order valence-corrected chi connectivity index (χ3v) is 4.15. The summed E-state index contributed by atoms with van der Waals surface area (Å²) >= 11 is 6.20. The first kappa shape index (κ1) is 14.4. The highest BCUT2D eigenvalue weighted by atomic mass is 35.5. The van der Waals surface area contributed by atoms with Crippen molar-refractivity contribution in [2.75, 3.05) is 7.11 Å². The highest BCUT2D eigenvalue weighted by molar-refractivity contribution is 6.30. The lowest BCUT2D eigenvalue weighted by molar-refractivity contribution is 0.0378. The van der Waals surface area contributed by atoms with Gasteiger partial charge in [-0.05, 0) is 41.7 Å². The molecular formula is C17H18ClNO2. The van der Waals surface area contributed by atoms with Crippen molar-refractivity contribution in [3.63, 3.8) is 0 Å². The number of hydrogen-bond donors (Lipinski definition) is 0. The first-order valence-electron chi connectivity index (χ1n) is 7.14. The molecule has 1 aromatic carbocycles. The van der Waals surface area contributed by atoms with Crippen molar-refractivity contribution in [2.45, 2.75) is 32.5 Å². The molecule has 0 saturated heterocycles. The van der Waals surface area contributed by atoms with Gasteiger partial charge in [-0.2, -0.15) is 0 Å². The average Bonchev–Trinajstić information content (AvgIpc) is 2.50. The zero-order chi connectivity index (χ0) is 14.8. The molecule has 2 heterocycles. The molecule has 0 spiro atoms. The van der Waals surface area contributed by atoms with Crippen molar-refractivity contribution in [1.29, 1.82) is 0 Å². The summed E-state index contributed by atoms with van der Waals surface area (Å²) in [5.41, 5.74) is 4.56. The number of methoxy groups -OCH3 is 1. The Kier molecular flexibility index (Phi) is 4.13. The summed E-state index contributed by atoms with van der Waals surface area (Å²) in [6.07, 6.45) is 3.94. The number of nitrogens with zero attached hydrogens (tertiary/aromatic N) is 1. The molecular weight excluding hydrogens is 286 g/mol. The molecule has 4 heteroatoms. The summed E-state index contributed by atoms with van der Waals surface area (Å²) in [6, 6.07) is 8.01. The zero-order valence-electron chi connectivity index (χ0n) is 12.2. The summed E-state index contributed by atoms with van der Waals surface area (Å²) in [5.74, 6) is 0.604. The predicted molar refractivity (Wildman–Crippen MR) is 83.8 cm³/mol. The van der Waals surface area contributed by atoms with E-state index in [0.717, 1.165) is 34.6 Å². The molecule has 0 amide bonds. The van der Waals surface area contributed by atoms with Gasteiger partial charge in [-0.1, -0.05) is 24.6 Å². The van der Waals surface area contributed by atoms with Crippen LogP contribution in [0.1, 0.15) is 24.5 Å². The van der Waals surface area contributed by atoms with E-state index in [1.807, 2.05) is 24.4 Å². The summed E-state index contributed by atoms with van der Waals surface area (Å²) in [7, 11) is 1.63. The molecule has 0 fully saturated rings. The van der Waals surface area contributed by atoms with Crippen LogP contribution in [0.2, 0.25) is 5.02 Å². The molecule has 0 N–H and O–H groups in total. The molecule has 1 unspecified atom stereocenters. The molecule has 0 aliphatic carbocycles. The minimum absolute atomic E-state index is 0.222. The van der Waals surface area contributed by atoms with Crippen molar-refractivity contribution in [3.05, 3.63) is 46.6 Å². The van der Waals surface area contributed by atoms with Crippen LogP contribution in [0.25, 0.3) is 11.1 Å². The van der Waals surface area contributed by atoms with Gasteiger partial charge in [0.05, 0.1) is 19.8 Å². The molecule has 3 nitrogen and oxygen atoms in total. The molecule has 0 bridgehead atoms. The van der Waals surface area contributed by atoms with Gasteiger partial charge < -0.3 is 9.47 Å². The van der Waals surface area contributed by atoms with E-state index >= 15 is 0 Å². The lowest BCUT2D eigenvalue weighted by Gasteiger charge is -2.24. The van der Waals surface area contributed by atoms with Gasteiger partial charge in [0.2, 0.25) is 5.88 Å². The van der Waals surface area contributed by atoms with E-state index in [1.165, 1.54) is 5.56 Å². The quantitative estimate of drug-likeness (QED) is 0.830. The Balaban J connectivity index is 2.18. The van der Waals surface area contributed by atoms with E-state index in [9.17, 15) is 0 Å². The molecule has 1 atom stereocenters. The minimum Gasteiger partial charge on any atom is -0.481 e. The van der Waals surface area contributed by atoms with Crippen LogP contribution >= 0.6 is 11.6 Å². The number of halogens is 1. The number of ether oxygens (including phenoxy) is 2. The predicted octanol–water partition coefficient (Wildman–Crippen LogP) is 4.26. The average molecular weight is 304 g/mol. The number of fused-ring (bicyclic) bond motifs is 3. The third-order valence-electron chi connectivity index (χ3n) is 3.91. The minimum atomic E-state index is 0.222. The Morgan fingerprint density at radius 1 is 1.29 bits per heavy atom. The molecule has 0 saturated carbocycles. The summed E-state index contributed by atoms with van der Waals surface area (Å²) in [4.78, 5) is 4.29. The van der Waals surface area contributed by atoms with Gasteiger partial charge >= 0.3 is 0 Å². The number of pyridine rings is 1. The van der Waals surface area contributed by atoms with Crippen molar-refractivity contribution in [2.24, 2.45) is 0 Å². The standard InChI is InChI=1S/C17H18ClNO2/c1-3-14-6-11-4-5-13(18)7-15(11)16-8-17(20-2)19-9-12(16)10-21-14/h4-5,7-9,14H,3,6,10H2,1-2H3. The number of aromatic nitrogens is 1. The van der Waals surface area contributed by atoms with E-state index in [2.05, 4.69) is 18.0 Å². The Labute approximate surface area is 129 Å². The van der Waals surface area contributed by atoms with Crippen molar-refractivity contribution >= 4 is 11.6 Å². The van der Waals surface area contributed by atoms with Gasteiger partial charge in [-0.15, -0.1) is 0 Å². The Morgan fingerprint density at radius 3 is 2.86 bits per heavy atom. The summed E-state index contributed by atoms with van der Waals surface area (Å²) in [5, 5.41) is 0.741. The van der Waals surface area contributed by atoms with E-state index in [4.69, 9.17) is 21.1 Å². The molecule has 1 aliphatic rings. The Morgan fingerprint density at radius 2 is 2.10 bits per heavy atom. The fourth-order valence-electron chi connectivity index (χ4n) is 2.69. The molecule has 110 valence electrons. The largest absolute Gasteiger partial charge is 0.481 e. The van der Waals surface area contributed by atoms with Crippen molar-refractivity contribution in [1.82, 2.24) is 4.98 Å². The smallest absolute Gasteiger partial charge is 0.213 e. The lowest BCUT2D eigenvalue weighted by Crippen LogP contribution is -2.18. The maximum Gasteiger partial charge on any atom is 0.213 e. The fraction of sp³-hybridized carbons (Fsp3) is 0.353. The van der Waals surface area contributed by atoms with Gasteiger partial charge in [0.25, 0.3) is 0 Å². The van der Waals surface area contributed by atoms with Crippen LogP contribution in [0.3, 0.4) is 0 Å². The molecule has 2 aromatic rings. The van der Waals surface area contributed by atoms with Crippen LogP contribution in [0.4, 0.5) is 0 Å². The van der Waals surface area contributed by atoms with Crippen LogP contribution in [-0.4, -0.2) is 18.2 Å². The van der Waals surface area contributed by atoms with E-state index in [0.29, 0.717) is 12.5 Å². The van der Waals surface area contributed by atoms with Crippen molar-refractivity contribution < 1.29 is 9.47 Å². The maximum absolute atomic E-state index is 6.20. The van der Waals surface area contributed by atoms with Crippen LogP contribution < -0.4 is 4.74 Å². The maximum atomic E-state index is 6.20. The van der Waals surface area contributed by atoms with E-state index < -0.39 is 0 Å². The zero-order valence-corrected chi connectivity index (χ0v) is 13.0. The highest BCUT2D eigenvalue weighted by Crippen LogP contribution is 2.35. The number of rotatable bonds is 2. The first-order chi connectivity index (χ1) is 10.2.